The molecular formula is C40H24N6. The standard InChI is InChI=1S/C40H24N6/c1-42-30-18-14-27(15-19-30)29-17-21-37-33(23-29)32-22-28(26-12-10-25(24-41)11-13-26)16-20-36(32)45(37)40-44-34-7-3-2-6-31(34)39-43-35-8-4-5-9-38(35)46(39)40/h2-23,40,44H. The van der Waals surface area contributed by atoms with Gasteiger partial charge in [-0.25, -0.2) is 9.83 Å². The van der Waals surface area contributed by atoms with Crippen molar-refractivity contribution < 1.29 is 0 Å². The maximum atomic E-state index is 9.34. The van der Waals surface area contributed by atoms with Gasteiger partial charge in [0.2, 0.25) is 0 Å². The minimum atomic E-state index is -0.276. The Hall–Kier alpha value is -6.63. The molecule has 2 aromatic heterocycles. The van der Waals surface area contributed by atoms with E-state index in [0.717, 1.165) is 72.2 Å². The molecule has 1 atom stereocenters. The van der Waals surface area contributed by atoms with Crippen LogP contribution in [0.4, 0.5) is 11.4 Å². The number of nitrogens with zero attached hydrogens (tertiary/aromatic N) is 5. The number of nitriles is 1. The highest BCUT2D eigenvalue weighted by atomic mass is 15.4. The second-order valence-corrected chi connectivity index (χ2v) is 11.5. The van der Waals surface area contributed by atoms with Gasteiger partial charge in [-0.3, -0.25) is 4.57 Å². The van der Waals surface area contributed by atoms with E-state index in [0.29, 0.717) is 11.3 Å². The van der Waals surface area contributed by atoms with E-state index in [1.807, 2.05) is 54.6 Å². The number of benzene rings is 6. The molecule has 0 radical (unpaired) electrons. The number of anilines is 1. The molecule has 0 fully saturated rings. The van der Waals surface area contributed by atoms with Crippen LogP contribution in [0.1, 0.15) is 11.9 Å². The Balaban J connectivity index is 1.32. The fraction of sp³-hybridized carbons (Fsp3) is 0.0250. The molecule has 0 saturated carbocycles. The van der Waals surface area contributed by atoms with Crippen LogP contribution in [0, 0.1) is 17.9 Å². The highest BCUT2D eigenvalue weighted by molar-refractivity contribution is 6.11. The average molecular weight is 589 g/mol. The summed E-state index contributed by atoms with van der Waals surface area (Å²) in [4.78, 5) is 8.68. The zero-order valence-corrected chi connectivity index (χ0v) is 24.5. The van der Waals surface area contributed by atoms with Gasteiger partial charge in [0.05, 0.1) is 40.3 Å². The zero-order valence-electron chi connectivity index (χ0n) is 24.5. The number of rotatable bonds is 3. The summed E-state index contributed by atoms with van der Waals surface area (Å²) >= 11 is 0. The number of para-hydroxylation sites is 3. The van der Waals surface area contributed by atoms with Crippen molar-refractivity contribution in [1.82, 2.24) is 14.1 Å². The molecule has 8 aromatic rings. The van der Waals surface area contributed by atoms with Crippen LogP contribution in [0.25, 0.3) is 71.3 Å². The molecule has 214 valence electrons. The Kier molecular flexibility index (Phi) is 5.59. The van der Waals surface area contributed by atoms with Crippen LogP contribution in [0.5, 0.6) is 0 Å². The molecule has 0 spiro atoms. The van der Waals surface area contributed by atoms with E-state index in [4.69, 9.17) is 11.6 Å². The van der Waals surface area contributed by atoms with Gasteiger partial charge in [0, 0.05) is 22.0 Å². The Morgan fingerprint density at radius 2 is 1.26 bits per heavy atom. The van der Waals surface area contributed by atoms with Crippen molar-refractivity contribution >= 4 is 44.2 Å². The molecule has 3 heterocycles. The average Bonchev–Trinajstić information content (AvgIpc) is 3.67. The highest BCUT2D eigenvalue weighted by Gasteiger charge is 2.30. The van der Waals surface area contributed by atoms with Gasteiger partial charge in [0.1, 0.15) is 5.82 Å². The van der Waals surface area contributed by atoms with E-state index in [9.17, 15) is 5.26 Å². The molecule has 1 aliphatic heterocycles. The molecule has 46 heavy (non-hydrogen) atoms. The first-order chi connectivity index (χ1) is 22.7. The smallest absolute Gasteiger partial charge is 0.188 e. The van der Waals surface area contributed by atoms with Crippen LogP contribution in [0.2, 0.25) is 0 Å². The van der Waals surface area contributed by atoms with E-state index >= 15 is 0 Å². The van der Waals surface area contributed by atoms with Crippen LogP contribution in [0.3, 0.4) is 0 Å². The summed E-state index contributed by atoms with van der Waals surface area (Å²) in [6.07, 6.45) is -0.276. The highest BCUT2D eigenvalue weighted by Crippen LogP contribution is 2.43. The minimum Gasteiger partial charge on any atom is -0.347 e. The third kappa shape index (κ3) is 3.85. The first-order valence-corrected chi connectivity index (χ1v) is 15.1. The normalized spacial score (nSPS) is 13.6. The molecule has 1 unspecified atom stereocenters. The van der Waals surface area contributed by atoms with Crippen LogP contribution >= 0.6 is 0 Å². The topological polar surface area (TPSA) is 62.9 Å². The van der Waals surface area contributed by atoms with Crippen molar-refractivity contribution in [3.63, 3.8) is 0 Å². The molecular weight excluding hydrogens is 564 g/mol. The SMILES string of the molecule is [C-]#[N+]c1ccc(-c2ccc3c(c2)c2cc(-c4ccc(C#N)cc4)ccc2n3C2Nc3ccccc3-c3nc4ccccc4n32)cc1. The molecule has 6 aromatic carbocycles. The van der Waals surface area contributed by atoms with E-state index in [2.05, 4.69) is 104 Å². The van der Waals surface area contributed by atoms with Gasteiger partial charge in [-0.2, -0.15) is 5.26 Å². The van der Waals surface area contributed by atoms with Crippen LogP contribution in [0.15, 0.2) is 133 Å². The molecule has 1 aliphatic rings. The maximum absolute atomic E-state index is 9.34. The fourth-order valence-corrected chi connectivity index (χ4v) is 6.81. The Labute approximate surface area is 264 Å². The van der Waals surface area contributed by atoms with E-state index < -0.39 is 0 Å². The first-order valence-electron chi connectivity index (χ1n) is 15.1. The minimum absolute atomic E-state index is 0.276. The first kappa shape index (κ1) is 25.8. The summed E-state index contributed by atoms with van der Waals surface area (Å²) in [6, 6.07) is 47.6. The van der Waals surface area contributed by atoms with E-state index in [-0.39, 0.29) is 6.29 Å². The summed E-state index contributed by atoms with van der Waals surface area (Å²) in [5.41, 5.74) is 11.9. The number of fused-ring (bicyclic) bond motifs is 8. The van der Waals surface area contributed by atoms with Gasteiger partial charge in [-0.05, 0) is 82.9 Å². The number of hydrogen-bond donors (Lipinski definition) is 1. The molecule has 0 amide bonds. The third-order valence-corrected chi connectivity index (χ3v) is 9.02. The molecule has 9 rings (SSSR count). The van der Waals surface area contributed by atoms with Crippen LogP contribution in [-0.4, -0.2) is 14.1 Å². The van der Waals surface area contributed by atoms with Gasteiger partial charge in [-0.1, -0.05) is 72.8 Å². The molecule has 0 aliphatic carbocycles. The second kappa shape index (κ2) is 9.95. The Morgan fingerprint density at radius 1 is 0.652 bits per heavy atom. The fourth-order valence-electron chi connectivity index (χ4n) is 6.81. The van der Waals surface area contributed by atoms with Crippen molar-refractivity contribution in [2.24, 2.45) is 0 Å². The lowest BCUT2D eigenvalue weighted by Gasteiger charge is -2.32. The number of hydrogen-bond acceptors (Lipinski definition) is 3. The third-order valence-electron chi connectivity index (χ3n) is 9.02. The van der Waals surface area contributed by atoms with Gasteiger partial charge < -0.3 is 9.88 Å². The quantitative estimate of drug-likeness (QED) is 0.209. The van der Waals surface area contributed by atoms with Gasteiger partial charge in [0.15, 0.2) is 12.0 Å². The molecule has 6 heteroatoms. The van der Waals surface area contributed by atoms with E-state index in [1.54, 1.807) is 0 Å². The van der Waals surface area contributed by atoms with Gasteiger partial charge >= 0.3 is 0 Å². The molecule has 0 saturated heterocycles. The number of nitrogens with one attached hydrogen (secondary N) is 1. The van der Waals surface area contributed by atoms with Crippen LogP contribution in [-0.2, 0) is 0 Å². The van der Waals surface area contributed by atoms with Gasteiger partial charge in [-0.15, -0.1) is 0 Å². The predicted octanol–water partition coefficient (Wildman–Crippen LogP) is 10.00. The zero-order chi connectivity index (χ0) is 30.8. The van der Waals surface area contributed by atoms with E-state index in [1.165, 1.54) is 0 Å². The Morgan fingerprint density at radius 3 is 1.93 bits per heavy atom. The summed E-state index contributed by atoms with van der Waals surface area (Å²) in [5.74, 6) is 0.932. The summed E-state index contributed by atoms with van der Waals surface area (Å²) in [6.45, 7) is 7.36. The monoisotopic (exact) mass is 588 g/mol. The number of aromatic nitrogens is 3. The van der Waals surface area contributed by atoms with Crippen LogP contribution < -0.4 is 5.32 Å². The summed E-state index contributed by atoms with van der Waals surface area (Å²) in [5, 5.41) is 15.5. The Bertz CT molecular complexity index is 2460. The van der Waals surface area contributed by atoms with Crippen molar-refractivity contribution in [3.8, 4) is 39.7 Å². The van der Waals surface area contributed by atoms with Gasteiger partial charge in [0.25, 0.3) is 0 Å². The lowest BCUT2D eigenvalue weighted by atomic mass is 9.99. The second-order valence-electron chi connectivity index (χ2n) is 11.5. The van der Waals surface area contributed by atoms with Crippen molar-refractivity contribution in [3.05, 3.63) is 150 Å². The molecule has 1 N–H and O–H groups in total. The molecule has 0 bridgehead atoms. The van der Waals surface area contributed by atoms with Crippen molar-refractivity contribution in [2.75, 3.05) is 5.32 Å². The lowest BCUT2D eigenvalue weighted by molar-refractivity contribution is 0.520. The molecule has 6 nitrogen and oxygen atoms in total. The lowest BCUT2D eigenvalue weighted by Crippen LogP contribution is -2.29. The largest absolute Gasteiger partial charge is 0.347 e. The predicted molar refractivity (Wildman–Crippen MR) is 185 cm³/mol. The number of imidazole rings is 1. The maximum Gasteiger partial charge on any atom is 0.188 e. The van der Waals surface area contributed by atoms with Crippen molar-refractivity contribution in [1.29, 1.82) is 5.26 Å². The summed E-state index contributed by atoms with van der Waals surface area (Å²) in [7, 11) is 0. The van der Waals surface area contributed by atoms with Crippen molar-refractivity contribution in [2.45, 2.75) is 6.29 Å². The summed E-state index contributed by atoms with van der Waals surface area (Å²) < 4.78 is 4.69.